The summed E-state index contributed by atoms with van der Waals surface area (Å²) in [6.45, 7) is 7.92. The second kappa shape index (κ2) is 14.8. The highest BCUT2D eigenvalue weighted by molar-refractivity contribution is 5.45. The molecular weight excluding hydrogens is 248 g/mol. The molecule has 0 aromatic heterocycles. The summed E-state index contributed by atoms with van der Waals surface area (Å²) in [4.78, 5) is 26.2. The molecule has 0 aromatic rings. The van der Waals surface area contributed by atoms with Crippen molar-refractivity contribution in [3.63, 3.8) is 0 Å². The molecule has 1 fully saturated rings. The van der Waals surface area contributed by atoms with Gasteiger partial charge in [0.2, 0.25) is 6.41 Å². The minimum atomic E-state index is 0.186. The maximum atomic E-state index is 10.8. The van der Waals surface area contributed by atoms with Gasteiger partial charge in [-0.25, -0.2) is 5.06 Å². The molecule has 0 N–H and O–H groups in total. The first kappa shape index (κ1) is 20.1. The van der Waals surface area contributed by atoms with Crippen LogP contribution in [0.25, 0.3) is 0 Å². The highest BCUT2D eigenvalue weighted by Gasteiger charge is 2.23. The Bertz CT molecular complexity index is 227. The Kier molecular flexibility index (Phi) is 15.7. The van der Waals surface area contributed by atoms with Crippen molar-refractivity contribution in [3.8, 4) is 0 Å². The number of hydroxylamine groups is 2. The summed E-state index contributed by atoms with van der Waals surface area (Å²) in [5.41, 5.74) is 0. The van der Waals surface area contributed by atoms with Gasteiger partial charge in [-0.2, -0.15) is 0 Å². The Labute approximate surface area is 115 Å². The highest BCUT2D eigenvalue weighted by Crippen LogP contribution is 2.13. The SMILES string of the molecule is C=CCON(C=O)C1CCCN(C)C1.C=O.COC. The summed E-state index contributed by atoms with van der Waals surface area (Å²) >= 11 is 0. The summed E-state index contributed by atoms with van der Waals surface area (Å²) in [5.74, 6) is 0. The number of likely N-dealkylation sites (N-methyl/N-ethyl adjacent to an activating group) is 1. The maximum Gasteiger partial charge on any atom is 0.233 e. The molecule has 0 bridgehead atoms. The number of likely N-dealkylation sites (tertiary alicyclic amines) is 1. The van der Waals surface area contributed by atoms with E-state index in [4.69, 9.17) is 9.63 Å². The maximum absolute atomic E-state index is 10.8. The number of piperidine rings is 1. The predicted molar refractivity (Wildman–Crippen MR) is 74.6 cm³/mol. The third-order valence-electron chi connectivity index (χ3n) is 2.40. The van der Waals surface area contributed by atoms with Gasteiger partial charge in [-0.3, -0.25) is 9.63 Å². The van der Waals surface area contributed by atoms with Crippen molar-refractivity contribution < 1.29 is 19.2 Å². The van der Waals surface area contributed by atoms with Gasteiger partial charge in [0.15, 0.2) is 0 Å². The lowest BCUT2D eigenvalue weighted by Crippen LogP contribution is -2.46. The van der Waals surface area contributed by atoms with Gasteiger partial charge in [0.25, 0.3) is 0 Å². The molecule has 6 nitrogen and oxygen atoms in total. The summed E-state index contributed by atoms with van der Waals surface area (Å²) in [7, 11) is 5.31. The van der Waals surface area contributed by atoms with Gasteiger partial charge in [-0.05, 0) is 26.4 Å². The second-order valence-electron chi connectivity index (χ2n) is 4.02. The summed E-state index contributed by atoms with van der Waals surface area (Å²) in [6, 6.07) is 0.186. The molecule has 6 heteroatoms. The molecule has 0 radical (unpaired) electrons. The van der Waals surface area contributed by atoms with E-state index in [1.807, 2.05) is 6.79 Å². The first-order valence-corrected chi connectivity index (χ1v) is 6.04. The number of rotatable bonds is 5. The van der Waals surface area contributed by atoms with Gasteiger partial charge in [0, 0.05) is 20.8 Å². The first-order valence-electron chi connectivity index (χ1n) is 6.04. The first-order chi connectivity index (χ1) is 9.19. The van der Waals surface area contributed by atoms with Gasteiger partial charge < -0.3 is 14.4 Å². The molecule has 1 unspecified atom stereocenters. The predicted octanol–water partition coefficient (Wildman–Crippen LogP) is 0.734. The van der Waals surface area contributed by atoms with Crippen molar-refractivity contribution >= 4 is 13.2 Å². The fourth-order valence-electron chi connectivity index (χ4n) is 1.71. The van der Waals surface area contributed by atoms with Crippen LogP contribution < -0.4 is 0 Å². The van der Waals surface area contributed by atoms with E-state index in [0.29, 0.717) is 6.61 Å². The molecule has 0 spiro atoms. The topological polar surface area (TPSA) is 59.1 Å². The normalized spacial score (nSPS) is 18.2. The van der Waals surface area contributed by atoms with Crippen LogP contribution in [-0.4, -0.2) is 70.2 Å². The van der Waals surface area contributed by atoms with Crippen LogP contribution in [0.15, 0.2) is 12.7 Å². The Morgan fingerprint density at radius 1 is 1.42 bits per heavy atom. The van der Waals surface area contributed by atoms with Crippen LogP contribution in [0.3, 0.4) is 0 Å². The average molecular weight is 274 g/mol. The van der Waals surface area contributed by atoms with Gasteiger partial charge in [0.05, 0.1) is 12.6 Å². The van der Waals surface area contributed by atoms with Crippen molar-refractivity contribution in [2.24, 2.45) is 0 Å². The zero-order chi connectivity index (χ0) is 15.1. The molecule has 0 aliphatic carbocycles. The second-order valence-corrected chi connectivity index (χ2v) is 4.02. The zero-order valence-corrected chi connectivity index (χ0v) is 12.2. The summed E-state index contributed by atoms with van der Waals surface area (Å²) < 4.78 is 4.25. The number of hydrogen-bond acceptors (Lipinski definition) is 5. The van der Waals surface area contributed by atoms with Crippen LogP contribution >= 0.6 is 0 Å². The molecule has 1 amide bonds. The van der Waals surface area contributed by atoms with Crippen molar-refractivity contribution in [3.05, 3.63) is 12.7 Å². The minimum Gasteiger partial charge on any atom is -0.388 e. The highest BCUT2D eigenvalue weighted by atomic mass is 16.7. The van der Waals surface area contributed by atoms with Crippen LogP contribution in [0.2, 0.25) is 0 Å². The molecule has 1 atom stereocenters. The fourth-order valence-corrected chi connectivity index (χ4v) is 1.71. The Hall–Kier alpha value is -1.24. The Balaban J connectivity index is 0. The van der Waals surface area contributed by atoms with Crippen LogP contribution in [0, 0.1) is 0 Å². The number of ether oxygens (including phenoxy) is 1. The average Bonchev–Trinajstić information content (AvgIpc) is 2.43. The van der Waals surface area contributed by atoms with Crippen LogP contribution in [0.1, 0.15) is 12.8 Å². The van der Waals surface area contributed by atoms with Gasteiger partial charge in [-0.15, -0.1) is 6.58 Å². The van der Waals surface area contributed by atoms with Crippen molar-refractivity contribution in [2.75, 3.05) is 41.0 Å². The smallest absolute Gasteiger partial charge is 0.233 e. The Morgan fingerprint density at radius 3 is 2.42 bits per heavy atom. The van der Waals surface area contributed by atoms with E-state index in [9.17, 15) is 4.79 Å². The molecule has 1 rings (SSSR count). The van der Waals surface area contributed by atoms with Crippen LogP contribution in [0.5, 0.6) is 0 Å². The lowest BCUT2D eigenvalue weighted by Gasteiger charge is -2.34. The standard InChI is InChI=1S/C10H18N2O2.C2H6O.CH2O/c1-3-7-14-12(9-13)10-5-4-6-11(2)8-10;1-3-2;1-2/h3,9-10H,1,4-8H2,2H3;1-2H3;1H2. The fraction of sp³-hybridized carbons (Fsp3) is 0.692. The number of nitrogens with zero attached hydrogens (tertiary/aromatic N) is 2. The molecule has 1 aliphatic heterocycles. The summed E-state index contributed by atoms with van der Waals surface area (Å²) in [5, 5.41) is 1.41. The van der Waals surface area contributed by atoms with Crippen LogP contribution in [-0.2, 0) is 19.2 Å². The quantitative estimate of drug-likeness (QED) is 0.420. The lowest BCUT2D eigenvalue weighted by molar-refractivity contribution is -0.186. The third kappa shape index (κ3) is 10.4. The molecule has 112 valence electrons. The number of carbonyl (C=O) groups is 2. The monoisotopic (exact) mass is 274 g/mol. The summed E-state index contributed by atoms with van der Waals surface area (Å²) in [6.07, 6.45) is 4.53. The van der Waals surface area contributed by atoms with Crippen molar-refractivity contribution in [2.45, 2.75) is 18.9 Å². The number of methoxy groups -OCH3 is 1. The molecule has 1 heterocycles. The largest absolute Gasteiger partial charge is 0.388 e. The zero-order valence-electron chi connectivity index (χ0n) is 12.2. The van der Waals surface area contributed by atoms with Gasteiger partial charge in [-0.1, -0.05) is 6.08 Å². The van der Waals surface area contributed by atoms with Crippen molar-refractivity contribution in [1.82, 2.24) is 9.96 Å². The molecule has 0 saturated carbocycles. The molecule has 1 saturated heterocycles. The number of hydrogen-bond donors (Lipinski definition) is 0. The van der Waals surface area contributed by atoms with E-state index >= 15 is 0 Å². The van der Waals surface area contributed by atoms with E-state index < -0.39 is 0 Å². The van der Waals surface area contributed by atoms with E-state index in [1.54, 1.807) is 20.3 Å². The van der Waals surface area contributed by atoms with E-state index in [0.717, 1.165) is 32.3 Å². The molecule has 1 aliphatic rings. The molecule has 0 aromatic carbocycles. The van der Waals surface area contributed by atoms with Gasteiger partial charge in [0.1, 0.15) is 6.79 Å². The number of amides is 1. The van der Waals surface area contributed by atoms with Crippen LogP contribution in [0.4, 0.5) is 0 Å². The molecular formula is C13H26N2O4. The van der Waals surface area contributed by atoms with E-state index in [2.05, 4.69) is 23.3 Å². The van der Waals surface area contributed by atoms with E-state index in [1.165, 1.54) is 5.06 Å². The van der Waals surface area contributed by atoms with Gasteiger partial charge >= 0.3 is 0 Å². The molecule has 19 heavy (non-hydrogen) atoms. The third-order valence-corrected chi connectivity index (χ3v) is 2.40. The van der Waals surface area contributed by atoms with E-state index in [-0.39, 0.29) is 6.04 Å². The number of carbonyl (C=O) groups excluding carboxylic acids is 2. The Morgan fingerprint density at radius 2 is 2.00 bits per heavy atom. The van der Waals surface area contributed by atoms with Crippen molar-refractivity contribution in [1.29, 1.82) is 0 Å². The minimum absolute atomic E-state index is 0.186. The lowest BCUT2D eigenvalue weighted by atomic mass is 10.1.